The van der Waals surface area contributed by atoms with Crippen molar-refractivity contribution in [2.75, 3.05) is 25.5 Å². The minimum absolute atomic E-state index is 0.114. The van der Waals surface area contributed by atoms with Crippen molar-refractivity contribution in [3.63, 3.8) is 0 Å². The van der Waals surface area contributed by atoms with Crippen LogP contribution >= 0.6 is 0 Å². The van der Waals surface area contributed by atoms with Crippen molar-refractivity contribution in [2.45, 2.75) is 36.6 Å². The van der Waals surface area contributed by atoms with Crippen LogP contribution in [0.25, 0.3) is 0 Å². The third-order valence-electron chi connectivity index (χ3n) is 5.78. The van der Waals surface area contributed by atoms with Crippen LogP contribution in [0.5, 0.6) is 5.75 Å². The van der Waals surface area contributed by atoms with Gasteiger partial charge >= 0.3 is 0 Å². The zero-order chi connectivity index (χ0) is 22.7. The molecule has 1 saturated heterocycles. The van der Waals surface area contributed by atoms with E-state index in [-0.39, 0.29) is 29.3 Å². The number of sulfonamides is 1. The predicted octanol–water partition coefficient (Wildman–Crippen LogP) is 2.63. The number of rotatable bonds is 7. The first-order chi connectivity index (χ1) is 15.4. The number of anilines is 1. The molecule has 1 aliphatic carbocycles. The zero-order valence-electron chi connectivity index (χ0n) is 17.9. The van der Waals surface area contributed by atoms with Crippen LogP contribution in [0.3, 0.4) is 0 Å². The molecule has 0 radical (unpaired) electrons. The summed E-state index contributed by atoms with van der Waals surface area (Å²) in [4.78, 5) is 25.1. The second-order valence-electron chi connectivity index (χ2n) is 8.19. The van der Waals surface area contributed by atoms with Crippen molar-refractivity contribution in [1.82, 2.24) is 9.62 Å². The fourth-order valence-electron chi connectivity index (χ4n) is 3.72. The molecule has 9 heteroatoms. The molecule has 1 atom stereocenters. The van der Waals surface area contributed by atoms with Crippen LogP contribution in [0.15, 0.2) is 53.4 Å². The van der Waals surface area contributed by atoms with E-state index in [1.54, 1.807) is 36.4 Å². The predicted molar refractivity (Wildman–Crippen MR) is 120 cm³/mol. The summed E-state index contributed by atoms with van der Waals surface area (Å²) < 4.78 is 32.5. The fourth-order valence-corrected chi connectivity index (χ4v) is 5.24. The maximum atomic E-state index is 13.0. The number of ether oxygens (including phenoxy) is 1. The van der Waals surface area contributed by atoms with Gasteiger partial charge < -0.3 is 15.4 Å². The molecule has 2 aromatic rings. The summed E-state index contributed by atoms with van der Waals surface area (Å²) in [5.41, 5.74) is 1.12. The molecule has 1 aliphatic heterocycles. The molecule has 0 bridgehead atoms. The lowest BCUT2D eigenvalue weighted by atomic mass is 9.98. The number of piperidine rings is 1. The normalized spacial score (nSPS) is 19.2. The Morgan fingerprint density at radius 1 is 1.00 bits per heavy atom. The lowest BCUT2D eigenvalue weighted by Crippen LogP contribution is -2.43. The van der Waals surface area contributed by atoms with Gasteiger partial charge in [0.25, 0.3) is 5.91 Å². The smallest absolute Gasteiger partial charge is 0.251 e. The summed E-state index contributed by atoms with van der Waals surface area (Å²) in [6, 6.07) is 13.2. The van der Waals surface area contributed by atoms with Gasteiger partial charge in [0.05, 0.1) is 17.9 Å². The Kier molecular flexibility index (Phi) is 6.48. The molecule has 2 N–H and O–H groups in total. The summed E-state index contributed by atoms with van der Waals surface area (Å²) in [7, 11) is -2.17. The molecule has 1 heterocycles. The number of carbonyl (C=O) groups is 2. The summed E-state index contributed by atoms with van der Waals surface area (Å²) in [5, 5.41) is 5.77. The van der Waals surface area contributed by atoms with E-state index in [1.165, 1.54) is 23.5 Å². The summed E-state index contributed by atoms with van der Waals surface area (Å²) in [5.74, 6) is -0.211. The average Bonchev–Trinajstić information content (AvgIpc) is 3.63. The highest BCUT2D eigenvalue weighted by Crippen LogP contribution is 2.26. The van der Waals surface area contributed by atoms with E-state index in [4.69, 9.17) is 4.74 Å². The molecule has 32 heavy (non-hydrogen) atoms. The number of benzene rings is 2. The van der Waals surface area contributed by atoms with Gasteiger partial charge in [0.15, 0.2) is 0 Å². The van der Waals surface area contributed by atoms with Crippen LogP contribution in [0.4, 0.5) is 5.69 Å². The van der Waals surface area contributed by atoms with Crippen LogP contribution in [-0.2, 0) is 14.8 Å². The van der Waals surface area contributed by atoms with Gasteiger partial charge in [0.1, 0.15) is 5.75 Å². The Labute approximate surface area is 188 Å². The fraction of sp³-hybridized carbons (Fsp3) is 0.391. The molecule has 2 fully saturated rings. The van der Waals surface area contributed by atoms with Gasteiger partial charge in [-0.1, -0.05) is 0 Å². The number of hydrogen-bond acceptors (Lipinski definition) is 5. The number of nitrogens with zero attached hydrogens (tertiary/aromatic N) is 1. The van der Waals surface area contributed by atoms with E-state index >= 15 is 0 Å². The van der Waals surface area contributed by atoms with Gasteiger partial charge in [0, 0.05) is 30.4 Å². The maximum Gasteiger partial charge on any atom is 0.251 e. The van der Waals surface area contributed by atoms with Crippen molar-refractivity contribution >= 4 is 27.5 Å². The van der Waals surface area contributed by atoms with E-state index in [1.807, 2.05) is 0 Å². The summed E-state index contributed by atoms with van der Waals surface area (Å²) in [6.45, 7) is 0.505. The molecular weight excluding hydrogens is 430 g/mol. The molecular formula is C23H27N3O5S. The van der Waals surface area contributed by atoms with Crippen LogP contribution in [0.2, 0.25) is 0 Å². The summed E-state index contributed by atoms with van der Waals surface area (Å²) >= 11 is 0. The largest absolute Gasteiger partial charge is 0.497 e. The van der Waals surface area contributed by atoms with Gasteiger partial charge in [0.2, 0.25) is 15.9 Å². The highest BCUT2D eigenvalue weighted by atomic mass is 32.2. The highest BCUT2D eigenvalue weighted by Gasteiger charge is 2.33. The first-order valence-corrected chi connectivity index (χ1v) is 12.2. The summed E-state index contributed by atoms with van der Waals surface area (Å²) in [6.07, 6.45) is 3.26. The molecule has 0 unspecified atom stereocenters. The molecule has 4 rings (SSSR count). The van der Waals surface area contributed by atoms with Crippen molar-refractivity contribution in [1.29, 1.82) is 0 Å². The van der Waals surface area contributed by atoms with Gasteiger partial charge in [-0.25, -0.2) is 8.42 Å². The van der Waals surface area contributed by atoms with Crippen LogP contribution in [0.1, 0.15) is 36.0 Å². The second kappa shape index (κ2) is 9.30. The number of methoxy groups -OCH3 is 1. The molecule has 2 aromatic carbocycles. The maximum absolute atomic E-state index is 13.0. The highest BCUT2D eigenvalue weighted by molar-refractivity contribution is 7.89. The number of hydrogen-bond donors (Lipinski definition) is 2. The standard InChI is InChI=1S/C23H27N3O5S/c1-31-20-10-12-21(13-11-20)32(29,30)26-14-2-3-17(15-26)23(28)25-18-6-4-16(5-7-18)22(27)24-19-8-9-19/h4-7,10-13,17,19H,2-3,8-9,14-15H2,1H3,(H,24,27)(H,25,28)/t17-/m0/s1. The number of nitrogens with one attached hydrogen (secondary N) is 2. The van der Waals surface area contributed by atoms with Gasteiger partial charge in [-0.3, -0.25) is 9.59 Å². The van der Waals surface area contributed by atoms with E-state index in [2.05, 4.69) is 10.6 Å². The first kappa shape index (κ1) is 22.3. The van der Waals surface area contributed by atoms with Gasteiger partial charge in [-0.05, 0) is 74.2 Å². The minimum atomic E-state index is -3.69. The molecule has 8 nitrogen and oxygen atoms in total. The minimum Gasteiger partial charge on any atom is -0.497 e. The second-order valence-corrected chi connectivity index (χ2v) is 10.1. The Morgan fingerprint density at radius 2 is 1.69 bits per heavy atom. The molecule has 0 spiro atoms. The van der Waals surface area contributed by atoms with Gasteiger partial charge in [-0.15, -0.1) is 0 Å². The SMILES string of the molecule is COc1ccc(S(=O)(=O)N2CCC[C@H](C(=O)Nc3ccc(C(=O)NC4CC4)cc3)C2)cc1. The van der Waals surface area contributed by atoms with Crippen LogP contribution < -0.4 is 15.4 Å². The van der Waals surface area contributed by atoms with E-state index < -0.39 is 15.9 Å². The topological polar surface area (TPSA) is 105 Å². The lowest BCUT2D eigenvalue weighted by Gasteiger charge is -2.31. The third kappa shape index (κ3) is 5.11. The van der Waals surface area contributed by atoms with Crippen molar-refractivity contribution in [3.05, 3.63) is 54.1 Å². The van der Waals surface area contributed by atoms with E-state index in [0.717, 1.165) is 12.8 Å². The number of amides is 2. The molecule has 170 valence electrons. The lowest BCUT2D eigenvalue weighted by molar-refractivity contribution is -0.120. The van der Waals surface area contributed by atoms with Crippen LogP contribution in [0, 0.1) is 5.92 Å². The van der Waals surface area contributed by atoms with Crippen molar-refractivity contribution in [3.8, 4) is 5.75 Å². The van der Waals surface area contributed by atoms with Crippen LogP contribution in [-0.4, -0.2) is 50.8 Å². The zero-order valence-corrected chi connectivity index (χ0v) is 18.7. The quantitative estimate of drug-likeness (QED) is 0.665. The van der Waals surface area contributed by atoms with Gasteiger partial charge in [-0.2, -0.15) is 4.31 Å². The monoisotopic (exact) mass is 457 g/mol. The Morgan fingerprint density at radius 3 is 2.31 bits per heavy atom. The number of carbonyl (C=O) groups excluding carboxylic acids is 2. The molecule has 0 aromatic heterocycles. The van der Waals surface area contributed by atoms with Crippen molar-refractivity contribution in [2.24, 2.45) is 5.92 Å². The first-order valence-electron chi connectivity index (χ1n) is 10.7. The van der Waals surface area contributed by atoms with E-state index in [0.29, 0.717) is 36.4 Å². The Bertz CT molecular complexity index is 1080. The molecule has 2 amide bonds. The van der Waals surface area contributed by atoms with E-state index in [9.17, 15) is 18.0 Å². The molecule has 2 aliphatic rings. The third-order valence-corrected chi connectivity index (χ3v) is 7.66. The molecule has 1 saturated carbocycles. The van der Waals surface area contributed by atoms with Crippen molar-refractivity contribution < 1.29 is 22.7 Å². The Hall–Kier alpha value is -2.91. The average molecular weight is 458 g/mol. The Balaban J connectivity index is 1.38.